The molecular weight excluding hydrogens is 266 g/mol. The van der Waals surface area contributed by atoms with Gasteiger partial charge in [-0.15, -0.1) is 0 Å². The minimum absolute atomic E-state index is 0.0897. The number of carbonyl (C=O) groups is 2. The van der Waals surface area contributed by atoms with Gasteiger partial charge in [0.15, 0.2) is 0 Å². The molecule has 4 nitrogen and oxygen atoms in total. The lowest BCUT2D eigenvalue weighted by Crippen LogP contribution is -2.43. The number of benzene rings is 1. The summed E-state index contributed by atoms with van der Waals surface area (Å²) in [6, 6.07) is 6.11. The minimum Gasteiger partial charge on any atom is -0.469 e. The van der Waals surface area contributed by atoms with Crippen LogP contribution < -0.4 is 0 Å². The highest BCUT2D eigenvalue weighted by Crippen LogP contribution is 2.19. The molecular formula is C17H23NO3. The van der Waals surface area contributed by atoms with Crippen LogP contribution in [0.2, 0.25) is 0 Å². The lowest BCUT2D eigenvalue weighted by molar-refractivity contribution is -0.148. The van der Waals surface area contributed by atoms with E-state index >= 15 is 0 Å². The van der Waals surface area contributed by atoms with Crippen LogP contribution in [-0.4, -0.2) is 37.0 Å². The van der Waals surface area contributed by atoms with Gasteiger partial charge in [-0.3, -0.25) is 9.59 Å². The lowest BCUT2D eigenvalue weighted by atomic mass is 9.97. The quantitative estimate of drug-likeness (QED) is 0.802. The molecule has 0 aromatic heterocycles. The second kappa shape index (κ2) is 6.74. The first-order valence-electron chi connectivity index (χ1n) is 7.43. The largest absolute Gasteiger partial charge is 0.469 e. The van der Waals surface area contributed by atoms with Crippen molar-refractivity contribution in [1.29, 1.82) is 0 Å². The van der Waals surface area contributed by atoms with Crippen molar-refractivity contribution in [1.82, 2.24) is 4.90 Å². The number of hydrogen-bond acceptors (Lipinski definition) is 3. The number of methoxy groups -OCH3 is 1. The van der Waals surface area contributed by atoms with Crippen LogP contribution in [0.1, 0.15) is 29.5 Å². The number of hydrogen-bond donors (Lipinski definition) is 0. The van der Waals surface area contributed by atoms with E-state index in [9.17, 15) is 9.59 Å². The molecule has 1 aliphatic heterocycles. The Morgan fingerprint density at radius 2 is 2.05 bits per heavy atom. The molecule has 21 heavy (non-hydrogen) atoms. The van der Waals surface area contributed by atoms with E-state index in [4.69, 9.17) is 4.74 Å². The van der Waals surface area contributed by atoms with Crippen LogP contribution >= 0.6 is 0 Å². The fourth-order valence-electron chi connectivity index (χ4n) is 2.76. The zero-order chi connectivity index (χ0) is 15.4. The van der Waals surface area contributed by atoms with Gasteiger partial charge in [-0.25, -0.2) is 0 Å². The van der Waals surface area contributed by atoms with Gasteiger partial charge in [-0.2, -0.15) is 0 Å². The van der Waals surface area contributed by atoms with Crippen LogP contribution in [0.5, 0.6) is 0 Å². The molecule has 0 bridgehead atoms. The number of ether oxygens (including phenoxy) is 1. The number of esters is 1. The summed E-state index contributed by atoms with van der Waals surface area (Å²) in [5, 5.41) is 0. The zero-order valence-corrected chi connectivity index (χ0v) is 13.0. The second-order valence-electron chi connectivity index (χ2n) is 5.80. The molecule has 0 radical (unpaired) electrons. The third kappa shape index (κ3) is 3.84. The predicted octanol–water partition coefficient (Wildman–Crippen LogP) is 2.26. The number of carbonyl (C=O) groups excluding carboxylic acids is 2. The number of aryl methyl sites for hydroxylation is 2. The number of nitrogens with zero attached hydrogens (tertiary/aromatic N) is 1. The predicted molar refractivity (Wildman–Crippen MR) is 80.9 cm³/mol. The molecule has 1 aromatic carbocycles. The summed E-state index contributed by atoms with van der Waals surface area (Å²) in [6.07, 6.45) is 2.06. The molecule has 1 aliphatic rings. The topological polar surface area (TPSA) is 46.6 Å². The average molecular weight is 289 g/mol. The number of piperidine rings is 1. The smallest absolute Gasteiger partial charge is 0.310 e. The molecule has 2 rings (SSSR count). The minimum atomic E-state index is -0.210. The SMILES string of the molecule is COC(=O)C1CCCN(C(=O)Cc2ccc(C)c(C)c2)C1. The fraction of sp³-hybridized carbons (Fsp3) is 0.529. The molecule has 0 aliphatic carbocycles. The molecule has 1 heterocycles. The summed E-state index contributed by atoms with van der Waals surface area (Å²) in [4.78, 5) is 25.8. The molecule has 1 atom stereocenters. The molecule has 4 heteroatoms. The molecule has 0 spiro atoms. The van der Waals surface area contributed by atoms with Gasteiger partial charge < -0.3 is 9.64 Å². The Bertz CT molecular complexity index is 539. The highest BCUT2D eigenvalue weighted by Gasteiger charge is 2.28. The van der Waals surface area contributed by atoms with Gasteiger partial charge in [0.2, 0.25) is 5.91 Å². The second-order valence-corrected chi connectivity index (χ2v) is 5.80. The first-order chi connectivity index (χ1) is 10.0. The van der Waals surface area contributed by atoms with Crippen LogP contribution in [-0.2, 0) is 20.7 Å². The monoisotopic (exact) mass is 289 g/mol. The first-order valence-corrected chi connectivity index (χ1v) is 7.43. The Kier molecular flexibility index (Phi) is 4.99. The van der Waals surface area contributed by atoms with Crippen LogP contribution in [0.15, 0.2) is 18.2 Å². The average Bonchev–Trinajstić information content (AvgIpc) is 2.50. The van der Waals surface area contributed by atoms with E-state index in [-0.39, 0.29) is 17.8 Å². The van der Waals surface area contributed by atoms with E-state index in [0.29, 0.717) is 13.0 Å². The van der Waals surface area contributed by atoms with Crippen LogP contribution in [0, 0.1) is 19.8 Å². The summed E-state index contributed by atoms with van der Waals surface area (Å²) in [5.41, 5.74) is 3.46. The zero-order valence-electron chi connectivity index (χ0n) is 13.0. The van der Waals surface area contributed by atoms with Gasteiger partial charge >= 0.3 is 5.97 Å². The van der Waals surface area contributed by atoms with E-state index < -0.39 is 0 Å². The Morgan fingerprint density at radius 3 is 2.71 bits per heavy atom. The maximum absolute atomic E-state index is 12.4. The maximum atomic E-state index is 12.4. The van der Waals surface area contributed by atoms with Crippen molar-refractivity contribution >= 4 is 11.9 Å². The maximum Gasteiger partial charge on any atom is 0.310 e. The van der Waals surface area contributed by atoms with E-state index in [0.717, 1.165) is 24.9 Å². The van der Waals surface area contributed by atoms with E-state index in [2.05, 4.69) is 19.9 Å². The highest BCUT2D eigenvalue weighted by atomic mass is 16.5. The highest BCUT2D eigenvalue weighted by molar-refractivity contribution is 5.80. The molecule has 0 saturated carbocycles. The van der Waals surface area contributed by atoms with Gasteiger partial charge in [0.1, 0.15) is 0 Å². The normalized spacial score (nSPS) is 18.4. The Hall–Kier alpha value is -1.84. The molecule has 1 saturated heterocycles. The van der Waals surface area contributed by atoms with Gasteiger partial charge in [-0.05, 0) is 43.4 Å². The standard InChI is InChI=1S/C17H23NO3/c1-12-6-7-14(9-13(12)2)10-16(19)18-8-4-5-15(11-18)17(20)21-3/h6-7,9,15H,4-5,8,10-11H2,1-3H3. The molecule has 0 N–H and O–H groups in total. The van der Waals surface area contributed by atoms with Crippen molar-refractivity contribution < 1.29 is 14.3 Å². The van der Waals surface area contributed by atoms with E-state index in [1.807, 2.05) is 12.1 Å². The lowest BCUT2D eigenvalue weighted by Gasteiger charge is -2.31. The number of rotatable bonds is 3. The Morgan fingerprint density at radius 1 is 1.29 bits per heavy atom. The summed E-state index contributed by atoms with van der Waals surface area (Å²) in [5.74, 6) is -0.294. The van der Waals surface area contributed by atoms with Crippen LogP contribution in [0.3, 0.4) is 0 Å². The van der Waals surface area contributed by atoms with Crippen molar-refractivity contribution in [3.63, 3.8) is 0 Å². The van der Waals surface area contributed by atoms with Gasteiger partial charge in [-0.1, -0.05) is 18.2 Å². The fourth-order valence-corrected chi connectivity index (χ4v) is 2.76. The summed E-state index contributed by atoms with van der Waals surface area (Å²) >= 11 is 0. The van der Waals surface area contributed by atoms with Gasteiger partial charge in [0.25, 0.3) is 0 Å². The molecule has 1 fully saturated rings. The molecule has 114 valence electrons. The summed E-state index contributed by atoms with van der Waals surface area (Å²) in [7, 11) is 1.40. The number of amides is 1. The third-order valence-corrected chi connectivity index (χ3v) is 4.24. The third-order valence-electron chi connectivity index (χ3n) is 4.24. The van der Waals surface area contributed by atoms with E-state index in [1.165, 1.54) is 18.2 Å². The van der Waals surface area contributed by atoms with E-state index in [1.54, 1.807) is 4.90 Å². The van der Waals surface area contributed by atoms with Crippen molar-refractivity contribution in [3.05, 3.63) is 34.9 Å². The van der Waals surface area contributed by atoms with Crippen molar-refractivity contribution in [2.45, 2.75) is 33.1 Å². The van der Waals surface area contributed by atoms with Crippen LogP contribution in [0.4, 0.5) is 0 Å². The molecule has 1 amide bonds. The Balaban J connectivity index is 1.99. The summed E-state index contributed by atoms with van der Waals surface area (Å²) < 4.78 is 4.79. The summed E-state index contributed by atoms with van der Waals surface area (Å²) in [6.45, 7) is 5.33. The van der Waals surface area contributed by atoms with Crippen molar-refractivity contribution in [3.8, 4) is 0 Å². The van der Waals surface area contributed by atoms with Crippen molar-refractivity contribution in [2.75, 3.05) is 20.2 Å². The van der Waals surface area contributed by atoms with Crippen LogP contribution in [0.25, 0.3) is 0 Å². The Labute approximate surface area is 126 Å². The number of likely N-dealkylation sites (tertiary alicyclic amines) is 1. The van der Waals surface area contributed by atoms with Crippen molar-refractivity contribution in [2.24, 2.45) is 5.92 Å². The molecule has 1 unspecified atom stereocenters. The first kappa shape index (κ1) is 15.5. The van der Waals surface area contributed by atoms with Gasteiger partial charge in [0, 0.05) is 13.1 Å². The van der Waals surface area contributed by atoms with Gasteiger partial charge in [0.05, 0.1) is 19.4 Å². The molecule has 1 aromatic rings.